The summed E-state index contributed by atoms with van der Waals surface area (Å²) >= 11 is 7.80. The van der Waals surface area contributed by atoms with Crippen LogP contribution in [0.3, 0.4) is 0 Å². The monoisotopic (exact) mass is 1040 g/mol. The number of unbranched alkanes of at least 4 members (excludes halogenated alkanes) is 4. The first-order valence-corrected chi connectivity index (χ1v) is 28.0. The van der Waals surface area contributed by atoms with E-state index in [4.69, 9.17) is 16.6 Å². The van der Waals surface area contributed by atoms with Gasteiger partial charge in [-0.2, -0.15) is 13.2 Å². The summed E-state index contributed by atoms with van der Waals surface area (Å²) in [6, 6.07) is 23.3. The minimum Gasteiger partial charge on any atom is -0.382 e. The fraction of sp³-hybridized carbons (Fsp3) is 0.426. The third-order valence-corrected chi connectivity index (χ3v) is 15.6. The number of benzene rings is 3. The van der Waals surface area contributed by atoms with Gasteiger partial charge in [0.25, 0.3) is 0 Å². The van der Waals surface area contributed by atoms with Gasteiger partial charge in [0.05, 0.1) is 30.0 Å². The molecule has 12 nitrogen and oxygen atoms in total. The van der Waals surface area contributed by atoms with E-state index in [1.165, 1.54) is 32.8 Å². The molecular formula is C54H65ClF3N10O2PS. The van der Waals surface area contributed by atoms with E-state index in [1.54, 1.807) is 29.5 Å². The van der Waals surface area contributed by atoms with Crippen LogP contribution < -0.4 is 26.6 Å². The smallest absolute Gasteiger partial charge is 0.382 e. The summed E-state index contributed by atoms with van der Waals surface area (Å²) in [5.41, 5.74) is 7.04. The number of aryl methyl sites for hydroxylation is 2. The number of nitrogens with one attached hydrogen (secondary N) is 4. The lowest BCUT2D eigenvalue weighted by molar-refractivity contribution is -0.140. The predicted molar refractivity (Wildman–Crippen MR) is 290 cm³/mol. The highest BCUT2D eigenvalue weighted by Crippen LogP contribution is 2.37. The number of aromatic nitrogens is 4. The van der Waals surface area contributed by atoms with Gasteiger partial charge in [0, 0.05) is 76.9 Å². The van der Waals surface area contributed by atoms with Gasteiger partial charge in [0.1, 0.15) is 23.9 Å². The van der Waals surface area contributed by atoms with Crippen LogP contribution in [0.1, 0.15) is 90.8 Å². The van der Waals surface area contributed by atoms with Crippen molar-refractivity contribution in [2.24, 2.45) is 4.99 Å². The van der Waals surface area contributed by atoms with E-state index < -0.39 is 12.7 Å². The Morgan fingerprint density at radius 2 is 1.60 bits per heavy atom. The molecule has 0 unspecified atom stereocenters. The molecule has 0 aliphatic carbocycles. The Kier molecular flexibility index (Phi) is 19.0. The van der Waals surface area contributed by atoms with Gasteiger partial charge in [-0.05, 0) is 119 Å². The maximum absolute atomic E-state index is 13.7. The summed E-state index contributed by atoms with van der Waals surface area (Å²) < 4.78 is 44.4. The molecule has 0 radical (unpaired) electrons. The Morgan fingerprint density at radius 1 is 0.903 bits per heavy atom. The zero-order chi connectivity index (χ0) is 51.4. The number of rotatable bonds is 17. The minimum atomic E-state index is -4.39. The van der Waals surface area contributed by atoms with E-state index in [9.17, 15) is 22.8 Å². The highest BCUT2D eigenvalue weighted by atomic mass is 35.5. The number of thiophene rings is 1. The third-order valence-electron chi connectivity index (χ3n) is 12.8. The third kappa shape index (κ3) is 14.7. The molecule has 3 aromatic carbocycles. The van der Waals surface area contributed by atoms with Crippen molar-refractivity contribution < 1.29 is 22.8 Å². The lowest BCUT2D eigenvalue weighted by Gasteiger charge is -2.32. The predicted octanol–water partition coefficient (Wildman–Crippen LogP) is 10.4. The van der Waals surface area contributed by atoms with Crippen LogP contribution in [0.5, 0.6) is 0 Å². The van der Waals surface area contributed by atoms with Gasteiger partial charge in [-0.1, -0.05) is 75.0 Å². The van der Waals surface area contributed by atoms with Crippen molar-refractivity contribution in [2.75, 3.05) is 63.2 Å². The fourth-order valence-corrected chi connectivity index (χ4v) is 11.0. The summed E-state index contributed by atoms with van der Waals surface area (Å²) in [5.74, 6) is 7.81. The van der Waals surface area contributed by atoms with Crippen molar-refractivity contribution >= 4 is 76.0 Å². The quantitative estimate of drug-likeness (QED) is 0.0406. The maximum atomic E-state index is 13.7. The van der Waals surface area contributed by atoms with E-state index in [1.807, 2.05) is 49.4 Å². The number of likely N-dealkylation sites (tertiary alicyclic amines) is 1. The molecule has 382 valence electrons. The Labute approximate surface area is 431 Å². The maximum Gasteiger partial charge on any atom is 0.406 e. The molecule has 18 heteroatoms. The van der Waals surface area contributed by atoms with Crippen LogP contribution >= 0.6 is 30.9 Å². The molecule has 2 amide bonds. The summed E-state index contributed by atoms with van der Waals surface area (Å²) in [6.07, 6.45) is 2.35. The van der Waals surface area contributed by atoms with E-state index in [0.29, 0.717) is 49.3 Å². The average Bonchev–Trinajstić information content (AvgIpc) is 3.94. The molecule has 0 atom stereocenters. The van der Waals surface area contributed by atoms with Crippen LogP contribution in [0.25, 0.3) is 15.9 Å². The number of amides is 2. The second kappa shape index (κ2) is 25.3. The molecule has 2 aliphatic rings. The van der Waals surface area contributed by atoms with Crippen LogP contribution in [0, 0.1) is 32.6 Å². The molecule has 0 saturated carbocycles. The zero-order valence-electron chi connectivity index (χ0n) is 42.0. The number of anilines is 2. The first-order valence-electron chi connectivity index (χ1n) is 24.6. The number of piperidine rings is 1. The number of hydrogen-bond donors (Lipinski definition) is 4. The molecule has 5 heterocycles. The first-order chi connectivity index (χ1) is 34.5. The molecular weight excluding hydrogens is 976 g/mol. The lowest BCUT2D eigenvalue weighted by Crippen LogP contribution is -2.44. The van der Waals surface area contributed by atoms with Crippen LogP contribution in [0.2, 0.25) is 5.02 Å². The van der Waals surface area contributed by atoms with Crippen molar-refractivity contribution in [2.45, 2.75) is 97.9 Å². The average molecular weight is 1040 g/mol. The highest BCUT2D eigenvalue weighted by molar-refractivity contribution is 7.64. The molecule has 8 rings (SSSR count). The Hall–Kier alpha value is -5.72. The van der Waals surface area contributed by atoms with Gasteiger partial charge in [-0.3, -0.25) is 24.0 Å². The second-order valence-corrected chi connectivity index (χ2v) is 22.4. The molecule has 4 N–H and O–H groups in total. The molecule has 6 aromatic rings. The second-order valence-electron chi connectivity index (χ2n) is 18.5. The Balaban J connectivity index is 0.000000272. The van der Waals surface area contributed by atoms with Crippen molar-refractivity contribution in [1.29, 1.82) is 0 Å². The van der Waals surface area contributed by atoms with E-state index >= 15 is 0 Å². The summed E-state index contributed by atoms with van der Waals surface area (Å²) in [4.78, 5) is 31.7. The molecule has 72 heavy (non-hydrogen) atoms. The topological polar surface area (TPSA) is 134 Å². The summed E-state index contributed by atoms with van der Waals surface area (Å²) in [6.45, 7) is 15.2. The van der Waals surface area contributed by atoms with Gasteiger partial charge in [0.15, 0.2) is 5.82 Å². The molecule has 2 aliphatic heterocycles. The summed E-state index contributed by atoms with van der Waals surface area (Å²) in [5, 5.41) is 25.0. The molecule has 0 bridgehead atoms. The minimum absolute atomic E-state index is 0.00328. The number of alkyl halides is 3. The van der Waals surface area contributed by atoms with Gasteiger partial charge >= 0.3 is 6.18 Å². The van der Waals surface area contributed by atoms with Crippen molar-refractivity contribution in [3.05, 3.63) is 117 Å². The number of hydrogen-bond acceptors (Lipinski definition) is 9. The number of aliphatic imine (C=N–C) groups is 1. The van der Waals surface area contributed by atoms with Gasteiger partial charge < -0.3 is 25.8 Å². The summed E-state index contributed by atoms with van der Waals surface area (Å²) in [7, 11) is -0.180. The van der Waals surface area contributed by atoms with Gasteiger partial charge in [-0.25, -0.2) is 0 Å². The SMILES string of the molecule is CC(=O)NCCCCCCCNC(=O)CN1CCC(Nc2cccc3c2cc(C#CCNc2ccc(P(C)C)cc2)n3CC(F)(F)F)CC1.Cc1sc2c(c1C)C(c1ccc(Cl)cc1)=NCc1nnc(C)n1-2. The van der Waals surface area contributed by atoms with Gasteiger partial charge in [0.2, 0.25) is 11.8 Å². The molecule has 1 saturated heterocycles. The van der Waals surface area contributed by atoms with Crippen molar-refractivity contribution in [1.82, 2.24) is 34.9 Å². The Morgan fingerprint density at radius 3 is 2.28 bits per heavy atom. The number of carbonyl (C=O) groups excluding carboxylic acids is 2. The van der Waals surface area contributed by atoms with E-state index in [-0.39, 0.29) is 25.8 Å². The highest BCUT2D eigenvalue weighted by Gasteiger charge is 2.31. The number of halogens is 4. The van der Waals surface area contributed by atoms with E-state index in [2.05, 4.69) is 92.1 Å². The van der Waals surface area contributed by atoms with Crippen LogP contribution in [-0.2, 0) is 22.7 Å². The van der Waals surface area contributed by atoms with Gasteiger partial charge in [-0.15, -0.1) is 21.5 Å². The molecule has 0 spiro atoms. The largest absolute Gasteiger partial charge is 0.406 e. The standard InChI is InChI=1S/C37H50F3N6O2P.C17H15ClN4S/c1-28(47)41-20-7-5-4-6-8-21-43-36(48)26-45-23-18-30(19-24-45)44-34-12-9-13-35-33(34)25-31(46(35)27-37(38,39)40)11-10-22-42-29-14-16-32(17-15-29)49(2)3;1-9-10(2)23-17-15(9)16(12-4-6-13(18)7-5-12)19-8-14-21-20-11(3)22(14)17/h9,12-17,25,30,42,44H,4-8,18-24,26-27H2,1-3H3,(H,41,47)(H,43,48);4-7H,8H2,1-3H3. The van der Waals surface area contributed by atoms with E-state index in [0.717, 1.165) is 102 Å². The number of fused-ring (bicyclic) bond motifs is 4. The molecule has 1 fully saturated rings. The van der Waals surface area contributed by atoms with Crippen LogP contribution in [0.4, 0.5) is 24.5 Å². The Bertz CT molecular complexity index is 2890. The number of nitrogens with zero attached hydrogens (tertiary/aromatic N) is 6. The van der Waals surface area contributed by atoms with Crippen LogP contribution in [0.15, 0.2) is 77.8 Å². The molecule has 3 aromatic heterocycles. The van der Waals surface area contributed by atoms with Crippen LogP contribution in [-0.4, -0.2) is 107 Å². The van der Waals surface area contributed by atoms with Crippen molar-refractivity contribution in [3.63, 3.8) is 0 Å². The zero-order valence-corrected chi connectivity index (χ0v) is 44.4. The first kappa shape index (κ1) is 54.1. The number of carbonyl (C=O) groups is 2. The normalized spacial score (nSPS) is 13.8. The lowest BCUT2D eigenvalue weighted by atomic mass is 10.00. The fourth-order valence-electron chi connectivity index (χ4n) is 8.90. The van der Waals surface area contributed by atoms with Crippen molar-refractivity contribution in [3.8, 4) is 16.8 Å².